The number of carbonyl (C=O) groups excluding carboxylic acids is 3. The molecular weight excluding hydrogens is 647 g/mol. The van der Waals surface area contributed by atoms with Crippen LogP contribution in [0, 0.1) is 5.92 Å². The number of fused-ring (bicyclic) bond motifs is 1. The Kier molecular flexibility index (Phi) is 10.1. The van der Waals surface area contributed by atoms with Crippen molar-refractivity contribution in [3.05, 3.63) is 63.8 Å². The van der Waals surface area contributed by atoms with Crippen molar-refractivity contribution in [3.8, 4) is 0 Å². The standard InChI is InChI=1S/C34H38Cl2N4O7/c1-38-10-11-39(17-32(38)42)22-14-23(18-46-24-8-6-20(7-9-24)34(44)45)40(16-22)31(41)13-21-12-28(36)29(15-27(21)35)37-33(43)26-19-47-30-5-3-2-4-25(26)30/h2-5,12,15,19-20,22-24H,6-11,13-14,16-18H2,1H3,(H,37,43)(H,44,45)/t20?,22-,23-,24?/m0/s1. The summed E-state index contributed by atoms with van der Waals surface area (Å²) in [7, 11) is 1.80. The number of carbonyl (C=O) groups is 4. The molecule has 2 saturated heterocycles. The summed E-state index contributed by atoms with van der Waals surface area (Å²) >= 11 is 13.2. The number of likely N-dealkylation sites (N-methyl/N-ethyl adjacent to an activating group) is 1. The van der Waals surface area contributed by atoms with Crippen LogP contribution < -0.4 is 5.32 Å². The molecule has 3 aliphatic rings. The Bertz CT molecular complexity index is 1670. The molecular formula is C34H38Cl2N4O7. The van der Waals surface area contributed by atoms with Crippen molar-refractivity contribution in [2.24, 2.45) is 5.92 Å². The van der Waals surface area contributed by atoms with E-state index in [1.807, 2.05) is 17.0 Å². The highest BCUT2D eigenvalue weighted by Gasteiger charge is 2.40. The number of piperazine rings is 1. The average Bonchev–Trinajstić information content (AvgIpc) is 3.69. The molecule has 2 atom stereocenters. The first-order chi connectivity index (χ1) is 22.6. The van der Waals surface area contributed by atoms with Gasteiger partial charge in [0.05, 0.1) is 53.9 Å². The lowest BCUT2D eigenvalue weighted by Gasteiger charge is -2.35. The number of hydrogen-bond acceptors (Lipinski definition) is 7. The van der Waals surface area contributed by atoms with Crippen LogP contribution in [0.1, 0.15) is 48.0 Å². The van der Waals surface area contributed by atoms with Gasteiger partial charge in [0.15, 0.2) is 0 Å². The molecule has 1 aromatic heterocycles. The Hall–Kier alpha value is -3.64. The lowest BCUT2D eigenvalue weighted by molar-refractivity contribution is -0.144. The Balaban J connectivity index is 1.13. The minimum absolute atomic E-state index is 0.00333. The van der Waals surface area contributed by atoms with Crippen LogP contribution in [0.4, 0.5) is 5.69 Å². The number of furan rings is 1. The zero-order chi connectivity index (χ0) is 33.2. The largest absolute Gasteiger partial charge is 0.481 e. The maximum absolute atomic E-state index is 13.9. The number of carboxylic acid groups (broad SMARTS) is 1. The SMILES string of the molecule is CN1CCN([C@H]2C[C@@H](COC3CCC(C(=O)O)CC3)N(C(=O)Cc3cc(Cl)c(NC(=O)c4coc5ccccc45)cc3Cl)C2)CC1=O. The third-order valence-electron chi connectivity index (χ3n) is 9.72. The summed E-state index contributed by atoms with van der Waals surface area (Å²) in [6.07, 6.45) is 4.49. The van der Waals surface area contributed by atoms with Gasteiger partial charge in [-0.25, -0.2) is 0 Å². The number of para-hydroxylation sites is 1. The van der Waals surface area contributed by atoms with E-state index in [1.54, 1.807) is 36.2 Å². The number of anilines is 1. The number of nitrogens with zero attached hydrogens (tertiary/aromatic N) is 3. The van der Waals surface area contributed by atoms with Gasteiger partial charge in [-0.2, -0.15) is 0 Å². The van der Waals surface area contributed by atoms with Gasteiger partial charge in [0.25, 0.3) is 5.91 Å². The van der Waals surface area contributed by atoms with Crippen LogP contribution >= 0.6 is 23.2 Å². The molecule has 11 nitrogen and oxygen atoms in total. The number of ether oxygens (including phenoxy) is 1. The van der Waals surface area contributed by atoms with Crippen LogP contribution in [0.25, 0.3) is 11.0 Å². The van der Waals surface area contributed by atoms with Gasteiger partial charge in [0, 0.05) is 43.1 Å². The molecule has 3 amide bonds. The summed E-state index contributed by atoms with van der Waals surface area (Å²) in [5.41, 5.74) is 1.79. The highest BCUT2D eigenvalue weighted by Crippen LogP contribution is 2.33. The van der Waals surface area contributed by atoms with E-state index in [1.165, 1.54) is 6.26 Å². The number of halogens is 2. The van der Waals surface area contributed by atoms with Gasteiger partial charge in [-0.15, -0.1) is 0 Å². The van der Waals surface area contributed by atoms with Crippen molar-refractivity contribution in [2.45, 2.75) is 56.7 Å². The first-order valence-electron chi connectivity index (χ1n) is 15.9. The van der Waals surface area contributed by atoms with Crippen LogP contribution in [-0.4, -0.2) is 102 Å². The zero-order valence-electron chi connectivity index (χ0n) is 26.1. The van der Waals surface area contributed by atoms with Crippen molar-refractivity contribution in [2.75, 3.05) is 45.2 Å². The molecule has 6 rings (SSSR count). The second kappa shape index (κ2) is 14.2. The van der Waals surface area contributed by atoms with E-state index in [0.717, 1.165) is 6.54 Å². The smallest absolute Gasteiger partial charge is 0.306 e. The fourth-order valence-corrected chi connectivity index (χ4v) is 7.32. The molecule has 3 heterocycles. The van der Waals surface area contributed by atoms with Gasteiger partial charge < -0.3 is 29.4 Å². The molecule has 1 aliphatic carbocycles. The molecule has 47 heavy (non-hydrogen) atoms. The number of carboxylic acids is 1. The fraction of sp³-hybridized carbons (Fsp3) is 0.471. The lowest BCUT2D eigenvalue weighted by Crippen LogP contribution is -2.52. The molecule has 0 bridgehead atoms. The van der Waals surface area contributed by atoms with Crippen molar-refractivity contribution in [3.63, 3.8) is 0 Å². The van der Waals surface area contributed by atoms with Crippen LogP contribution in [0.5, 0.6) is 0 Å². The van der Waals surface area contributed by atoms with E-state index >= 15 is 0 Å². The first-order valence-corrected chi connectivity index (χ1v) is 16.7. The van der Waals surface area contributed by atoms with Crippen molar-refractivity contribution < 1.29 is 33.4 Å². The van der Waals surface area contributed by atoms with Crippen LogP contribution in [0.3, 0.4) is 0 Å². The predicted octanol–water partition coefficient (Wildman–Crippen LogP) is 4.94. The van der Waals surface area contributed by atoms with Crippen LogP contribution in [-0.2, 0) is 25.5 Å². The van der Waals surface area contributed by atoms with Crippen LogP contribution in [0.2, 0.25) is 10.0 Å². The van der Waals surface area contributed by atoms with Crippen LogP contribution in [0.15, 0.2) is 47.1 Å². The third kappa shape index (κ3) is 7.43. The Morgan fingerprint density at radius 1 is 1.06 bits per heavy atom. The molecule has 1 saturated carbocycles. The molecule has 3 fully saturated rings. The van der Waals surface area contributed by atoms with Gasteiger partial charge in [-0.1, -0.05) is 41.4 Å². The lowest BCUT2D eigenvalue weighted by atomic mass is 9.87. The molecule has 13 heteroatoms. The molecule has 0 spiro atoms. The fourth-order valence-electron chi connectivity index (χ4n) is 6.86. The van der Waals surface area contributed by atoms with E-state index in [-0.39, 0.29) is 47.4 Å². The topological polar surface area (TPSA) is 133 Å². The maximum Gasteiger partial charge on any atom is 0.306 e. The number of likely N-dealkylation sites (tertiary alicyclic amines) is 1. The summed E-state index contributed by atoms with van der Waals surface area (Å²) in [4.78, 5) is 56.5. The highest BCUT2D eigenvalue weighted by molar-refractivity contribution is 6.36. The molecule has 3 aromatic rings. The zero-order valence-corrected chi connectivity index (χ0v) is 27.6. The predicted molar refractivity (Wildman–Crippen MR) is 177 cm³/mol. The van der Waals surface area contributed by atoms with Gasteiger partial charge in [-0.05, 0) is 55.9 Å². The number of hydrogen-bond donors (Lipinski definition) is 2. The molecule has 0 radical (unpaired) electrons. The maximum atomic E-state index is 13.9. The first kappa shape index (κ1) is 33.3. The second-order valence-corrected chi connectivity index (χ2v) is 13.5. The Morgan fingerprint density at radius 2 is 1.83 bits per heavy atom. The summed E-state index contributed by atoms with van der Waals surface area (Å²) in [6, 6.07) is 10.2. The van der Waals surface area contributed by atoms with Crippen molar-refractivity contribution in [1.29, 1.82) is 0 Å². The molecule has 2 N–H and O–H groups in total. The summed E-state index contributed by atoms with van der Waals surface area (Å²) in [5, 5.41) is 13.3. The third-order valence-corrected chi connectivity index (χ3v) is 10.4. The number of aliphatic carboxylic acids is 1. The van der Waals surface area contributed by atoms with E-state index in [9.17, 15) is 24.3 Å². The number of benzene rings is 2. The normalized spacial score (nSPS) is 23.8. The number of amides is 3. The summed E-state index contributed by atoms with van der Waals surface area (Å²) in [6.45, 7) is 2.44. The van der Waals surface area contributed by atoms with E-state index in [0.29, 0.717) is 91.2 Å². The second-order valence-electron chi connectivity index (χ2n) is 12.7. The molecule has 0 unspecified atom stereocenters. The molecule has 2 aromatic carbocycles. The van der Waals surface area contributed by atoms with E-state index < -0.39 is 11.9 Å². The average molecular weight is 686 g/mol. The van der Waals surface area contributed by atoms with Gasteiger partial charge in [0.1, 0.15) is 11.8 Å². The minimum atomic E-state index is -0.763. The van der Waals surface area contributed by atoms with Crippen molar-refractivity contribution >= 4 is 63.5 Å². The van der Waals surface area contributed by atoms with Gasteiger partial charge >= 0.3 is 5.97 Å². The van der Waals surface area contributed by atoms with Gasteiger partial charge in [-0.3, -0.25) is 24.1 Å². The minimum Gasteiger partial charge on any atom is -0.481 e. The molecule has 250 valence electrons. The molecule has 2 aliphatic heterocycles. The Morgan fingerprint density at radius 3 is 2.57 bits per heavy atom. The number of nitrogens with one attached hydrogen (secondary N) is 1. The number of rotatable bonds is 9. The Labute approximate surface area is 282 Å². The van der Waals surface area contributed by atoms with E-state index in [2.05, 4.69) is 10.2 Å². The van der Waals surface area contributed by atoms with Crippen molar-refractivity contribution in [1.82, 2.24) is 14.7 Å². The summed E-state index contributed by atoms with van der Waals surface area (Å²) in [5.74, 6) is -1.59. The quantitative estimate of drug-likeness (QED) is 0.324. The van der Waals surface area contributed by atoms with E-state index in [4.69, 9.17) is 32.4 Å². The highest BCUT2D eigenvalue weighted by atomic mass is 35.5. The summed E-state index contributed by atoms with van der Waals surface area (Å²) < 4.78 is 11.8. The van der Waals surface area contributed by atoms with Gasteiger partial charge in [0.2, 0.25) is 11.8 Å². The monoisotopic (exact) mass is 684 g/mol.